The smallest absolute Gasteiger partial charge is 0.274 e. The number of benzene rings is 2. The number of hydrogen-bond donors (Lipinski definition) is 3. The lowest BCUT2D eigenvalue weighted by Crippen LogP contribution is -2.22. The molecular formula is C27H27N7O2. The highest BCUT2D eigenvalue weighted by Gasteiger charge is 2.17. The molecule has 0 aliphatic rings. The standard InChI is InChI=1S/C27H27N7O2/c1-34(2)17-16-29-24-18-23(31-25(33-24)19-8-4-3-5-9-19)27(36)32-22-11-7-6-10-21(22)26(35)30-20-12-14-28-15-13-20/h3-15,18H,16-17H2,1-2H3,(H,32,36)(H,28,30,35)(H,29,31,33). The summed E-state index contributed by atoms with van der Waals surface area (Å²) in [6.45, 7) is 1.45. The number of pyridine rings is 1. The predicted molar refractivity (Wildman–Crippen MR) is 141 cm³/mol. The minimum Gasteiger partial charge on any atom is -0.369 e. The second kappa shape index (κ2) is 11.7. The maximum Gasteiger partial charge on any atom is 0.274 e. The van der Waals surface area contributed by atoms with Gasteiger partial charge in [-0.3, -0.25) is 14.6 Å². The molecule has 0 aliphatic heterocycles. The number of para-hydroxylation sites is 1. The van der Waals surface area contributed by atoms with E-state index in [9.17, 15) is 9.59 Å². The molecule has 0 saturated carbocycles. The van der Waals surface area contributed by atoms with E-state index in [-0.39, 0.29) is 11.6 Å². The van der Waals surface area contributed by atoms with Crippen molar-refractivity contribution in [2.45, 2.75) is 0 Å². The van der Waals surface area contributed by atoms with Gasteiger partial charge in [-0.2, -0.15) is 0 Å². The summed E-state index contributed by atoms with van der Waals surface area (Å²) in [5.41, 5.74) is 2.27. The van der Waals surface area contributed by atoms with Crippen LogP contribution in [0.4, 0.5) is 17.2 Å². The van der Waals surface area contributed by atoms with Crippen LogP contribution < -0.4 is 16.0 Å². The molecule has 3 N–H and O–H groups in total. The minimum absolute atomic E-state index is 0.181. The Morgan fingerprint density at radius 1 is 0.833 bits per heavy atom. The van der Waals surface area contributed by atoms with Gasteiger partial charge in [-0.1, -0.05) is 42.5 Å². The Labute approximate surface area is 209 Å². The number of likely N-dealkylation sites (N-methyl/N-ethyl adjacent to an activating group) is 1. The van der Waals surface area contributed by atoms with Crippen LogP contribution in [-0.4, -0.2) is 58.9 Å². The first-order valence-corrected chi connectivity index (χ1v) is 11.4. The summed E-state index contributed by atoms with van der Waals surface area (Å²) in [7, 11) is 3.97. The zero-order valence-electron chi connectivity index (χ0n) is 20.1. The molecule has 182 valence electrons. The number of hydrogen-bond acceptors (Lipinski definition) is 7. The van der Waals surface area contributed by atoms with Crippen molar-refractivity contribution in [1.82, 2.24) is 19.9 Å². The van der Waals surface area contributed by atoms with E-state index < -0.39 is 5.91 Å². The number of anilines is 3. The summed E-state index contributed by atoms with van der Waals surface area (Å²) in [4.78, 5) is 41.3. The highest BCUT2D eigenvalue weighted by atomic mass is 16.2. The summed E-state index contributed by atoms with van der Waals surface area (Å²) in [6, 6.07) is 21.3. The van der Waals surface area contributed by atoms with Crippen molar-refractivity contribution < 1.29 is 9.59 Å². The van der Waals surface area contributed by atoms with Gasteiger partial charge in [-0.15, -0.1) is 0 Å². The van der Waals surface area contributed by atoms with Gasteiger partial charge in [0, 0.05) is 42.8 Å². The Hall–Kier alpha value is -4.63. The van der Waals surface area contributed by atoms with E-state index in [4.69, 9.17) is 0 Å². The first-order chi connectivity index (χ1) is 17.5. The van der Waals surface area contributed by atoms with Crippen LogP contribution >= 0.6 is 0 Å². The van der Waals surface area contributed by atoms with Gasteiger partial charge in [0.2, 0.25) is 0 Å². The van der Waals surface area contributed by atoms with Crippen LogP contribution in [0.5, 0.6) is 0 Å². The van der Waals surface area contributed by atoms with Crippen molar-refractivity contribution in [3.05, 3.63) is 96.4 Å². The Morgan fingerprint density at radius 3 is 2.31 bits per heavy atom. The van der Waals surface area contributed by atoms with Crippen molar-refractivity contribution in [2.24, 2.45) is 0 Å². The van der Waals surface area contributed by atoms with Gasteiger partial charge in [0.15, 0.2) is 5.82 Å². The first kappa shape index (κ1) is 24.5. The number of amides is 2. The molecule has 0 aliphatic carbocycles. The summed E-state index contributed by atoms with van der Waals surface area (Å²) in [5.74, 6) is 0.170. The molecule has 2 aromatic heterocycles. The Kier molecular flexibility index (Phi) is 7.94. The van der Waals surface area contributed by atoms with Crippen molar-refractivity contribution >= 4 is 29.0 Å². The van der Waals surface area contributed by atoms with Crippen molar-refractivity contribution in [1.29, 1.82) is 0 Å². The third kappa shape index (κ3) is 6.49. The molecule has 9 heteroatoms. The van der Waals surface area contributed by atoms with Crippen LogP contribution in [-0.2, 0) is 0 Å². The molecule has 36 heavy (non-hydrogen) atoms. The fraction of sp³-hybridized carbons (Fsp3) is 0.148. The van der Waals surface area contributed by atoms with Crippen LogP contribution in [0, 0.1) is 0 Å². The molecule has 0 spiro atoms. The summed E-state index contributed by atoms with van der Waals surface area (Å²) in [6.07, 6.45) is 3.18. The van der Waals surface area contributed by atoms with E-state index in [1.165, 1.54) is 0 Å². The lowest BCUT2D eigenvalue weighted by Gasteiger charge is -2.14. The number of nitrogens with one attached hydrogen (secondary N) is 3. The first-order valence-electron chi connectivity index (χ1n) is 11.4. The Bertz CT molecular complexity index is 1330. The van der Waals surface area contributed by atoms with E-state index in [0.717, 1.165) is 12.1 Å². The second-order valence-corrected chi connectivity index (χ2v) is 8.25. The number of nitrogens with zero attached hydrogens (tertiary/aromatic N) is 4. The van der Waals surface area contributed by atoms with Crippen LogP contribution in [0.1, 0.15) is 20.8 Å². The fourth-order valence-corrected chi connectivity index (χ4v) is 3.39. The molecule has 0 fully saturated rings. The van der Waals surface area contributed by atoms with Crippen molar-refractivity contribution in [2.75, 3.05) is 43.1 Å². The van der Waals surface area contributed by atoms with E-state index in [1.54, 1.807) is 54.9 Å². The molecule has 0 saturated heterocycles. The lowest BCUT2D eigenvalue weighted by atomic mass is 10.1. The SMILES string of the molecule is CN(C)CCNc1cc(C(=O)Nc2ccccc2C(=O)Nc2ccncc2)nc(-c2ccccc2)n1. The van der Waals surface area contributed by atoms with Gasteiger partial charge in [0.05, 0.1) is 11.3 Å². The Balaban J connectivity index is 1.59. The van der Waals surface area contributed by atoms with E-state index in [2.05, 4.69) is 30.9 Å². The molecule has 2 heterocycles. The number of carbonyl (C=O) groups excluding carboxylic acids is 2. The molecule has 2 amide bonds. The van der Waals surface area contributed by atoms with Crippen LogP contribution in [0.3, 0.4) is 0 Å². The molecule has 9 nitrogen and oxygen atoms in total. The van der Waals surface area contributed by atoms with E-state index >= 15 is 0 Å². The van der Waals surface area contributed by atoms with Gasteiger partial charge in [0.25, 0.3) is 11.8 Å². The quantitative estimate of drug-likeness (QED) is 0.331. The predicted octanol–water partition coefficient (Wildman–Crippen LogP) is 4.02. The maximum atomic E-state index is 13.3. The maximum absolute atomic E-state index is 13.3. The topological polar surface area (TPSA) is 112 Å². The van der Waals surface area contributed by atoms with E-state index in [1.807, 2.05) is 49.3 Å². The van der Waals surface area contributed by atoms with Crippen LogP contribution in [0.2, 0.25) is 0 Å². The van der Waals surface area contributed by atoms with Gasteiger partial charge < -0.3 is 20.9 Å². The lowest BCUT2D eigenvalue weighted by molar-refractivity contribution is 0.102. The number of aromatic nitrogens is 3. The third-order valence-corrected chi connectivity index (χ3v) is 5.21. The summed E-state index contributed by atoms with van der Waals surface area (Å²) >= 11 is 0. The van der Waals surface area contributed by atoms with Gasteiger partial charge in [-0.05, 0) is 38.4 Å². The highest BCUT2D eigenvalue weighted by Crippen LogP contribution is 2.21. The average Bonchev–Trinajstić information content (AvgIpc) is 2.89. The minimum atomic E-state index is -0.450. The monoisotopic (exact) mass is 481 g/mol. The zero-order chi connectivity index (χ0) is 25.3. The van der Waals surface area contributed by atoms with Crippen LogP contribution in [0.15, 0.2) is 85.2 Å². The molecular weight excluding hydrogens is 454 g/mol. The molecule has 2 aromatic carbocycles. The second-order valence-electron chi connectivity index (χ2n) is 8.25. The molecule has 0 bridgehead atoms. The Morgan fingerprint density at radius 2 is 1.56 bits per heavy atom. The van der Waals surface area contributed by atoms with Crippen LogP contribution in [0.25, 0.3) is 11.4 Å². The van der Waals surface area contributed by atoms with Gasteiger partial charge in [-0.25, -0.2) is 9.97 Å². The van der Waals surface area contributed by atoms with Gasteiger partial charge in [0.1, 0.15) is 11.5 Å². The normalized spacial score (nSPS) is 10.6. The molecule has 0 unspecified atom stereocenters. The highest BCUT2D eigenvalue weighted by molar-refractivity contribution is 6.12. The molecule has 0 radical (unpaired) electrons. The zero-order valence-corrected chi connectivity index (χ0v) is 20.1. The largest absolute Gasteiger partial charge is 0.369 e. The summed E-state index contributed by atoms with van der Waals surface area (Å²) in [5, 5.41) is 8.91. The van der Waals surface area contributed by atoms with E-state index in [0.29, 0.717) is 35.1 Å². The molecule has 0 atom stereocenters. The van der Waals surface area contributed by atoms with Crippen molar-refractivity contribution in [3.8, 4) is 11.4 Å². The van der Waals surface area contributed by atoms with Crippen molar-refractivity contribution in [3.63, 3.8) is 0 Å². The average molecular weight is 482 g/mol. The fourth-order valence-electron chi connectivity index (χ4n) is 3.39. The molecule has 4 rings (SSSR count). The molecule has 4 aromatic rings. The van der Waals surface area contributed by atoms with Gasteiger partial charge >= 0.3 is 0 Å². The summed E-state index contributed by atoms with van der Waals surface area (Å²) < 4.78 is 0. The number of carbonyl (C=O) groups is 2. The third-order valence-electron chi connectivity index (χ3n) is 5.21. The number of rotatable bonds is 9.